The van der Waals surface area contributed by atoms with Crippen LogP contribution in [0.2, 0.25) is 0 Å². The van der Waals surface area contributed by atoms with Crippen LogP contribution >= 0.6 is 11.8 Å². The van der Waals surface area contributed by atoms with Crippen molar-refractivity contribution in [2.24, 2.45) is 5.92 Å². The third-order valence-corrected chi connectivity index (χ3v) is 4.53. The number of aryl methyl sites for hydroxylation is 1. The lowest BCUT2D eigenvalue weighted by Crippen LogP contribution is -2.41. The molecule has 1 amide bonds. The van der Waals surface area contributed by atoms with Gasteiger partial charge in [0.2, 0.25) is 5.91 Å². The van der Waals surface area contributed by atoms with Crippen molar-refractivity contribution < 1.29 is 4.79 Å². The normalized spacial score (nSPS) is 17.4. The second-order valence-corrected chi connectivity index (χ2v) is 5.76. The molecule has 1 aromatic rings. The molecule has 1 aromatic heterocycles. The predicted molar refractivity (Wildman–Crippen MR) is 80.0 cm³/mol. The number of rotatable bonds is 4. The molecule has 0 aliphatic carbocycles. The maximum absolute atomic E-state index is 12.4. The fourth-order valence-electron chi connectivity index (χ4n) is 2.28. The number of nitrogens with one attached hydrogen (secondary N) is 1. The van der Waals surface area contributed by atoms with Gasteiger partial charge in [0.05, 0.1) is 5.92 Å². The molecule has 1 aliphatic heterocycles. The summed E-state index contributed by atoms with van der Waals surface area (Å²) < 4.78 is 1.64. The Balaban J connectivity index is 2.27. The van der Waals surface area contributed by atoms with E-state index in [0.29, 0.717) is 25.3 Å². The Morgan fingerprint density at radius 3 is 3.05 bits per heavy atom. The third-order valence-electron chi connectivity index (χ3n) is 3.40. The van der Waals surface area contributed by atoms with Crippen molar-refractivity contribution in [2.45, 2.75) is 32.0 Å². The first-order valence-corrected chi connectivity index (χ1v) is 7.68. The van der Waals surface area contributed by atoms with Crippen molar-refractivity contribution in [1.82, 2.24) is 14.9 Å². The van der Waals surface area contributed by atoms with Gasteiger partial charge in [-0.3, -0.25) is 14.2 Å². The molecule has 0 fully saturated rings. The minimum atomic E-state index is -0.195. The van der Waals surface area contributed by atoms with E-state index in [1.807, 2.05) is 13.8 Å². The van der Waals surface area contributed by atoms with Crippen molar-refractivity contribution >= 4 is 17.7 Å². The molecule has 108 valence electrons. The first kappa shape index (κ1) is 14.8. The number of hydrogen-bond acceptors (Lipinski definition) is 4. The molecule has 1 atom stereocenters. The van der Waals surface area contributed by atoms with E-state index in [0.717, 1.165) is 16.4 Å². The van der Waals surface area contributed by atoms with Crippen molar-refractivity contribution in [3.8, 4) is 0 Å². The zero-order valence-electron chi connectivity index (χ0n) is 11.8. The molecule has 0 saturated heterocycles. The van der Waals surface area contributed by atoms with Gasteiger partial charge in [0.15, 0.2) is 5.16 Å². The molecule has 0 aromatic carbocycles. The molecule has 2 rings (SSSR count). The summed E-state index contributed by atoms with van der Waals surface area (Å²) in [5.41, 5.74) is 1.52. The Kier molecular flexibility index (Phi) is 4.65. The maximum atomic E-state index is 12.4. The largest absolute Gasteiger partial charge is 0.352 e. The van der Waals surface area contributed by atoms with Gasteiger partial charge in [0.25, 0.3) is 5.56 Å². The van der Waals surface area contributed by atoms with Crippen molar-refractivity contribution in [2.75, 3.05) is 12.3 Å². The molecule has 1 N–H and O–H groups in total. The highest BCUT2D eigenvalue weighted by atomic mass is 32.2. The standard InChI is InChI=1S/C14H19N3O2S/c1-4-6-15-12(18)10-7-17-13(19)11(5-2)9(3)16-14(17)20-8-10/h4,10H,1,5-8H2,2-3H3,(H,15,18). The van der Waals surface area contributed by atoms with Crippen molar-refractivity contribution in [3.63, 3.8) is 0 Å². The number of aromatic nitrogens is 2. The van der Waals surface area contributed by atoms with Crippen LogP contribution in [-0.2, 0) is 17.8 Å². The molecule has 0 spiro atoms. The topological polar surface area (TPSA) is 64.0 Å². The molecule has 2 heterocycles. The van der Waals surface area contributed by atoms with Gasteiger partial charge >= 0.3 is 0 Å². The second-order valence-electron chi connectivity index (χ2n) is 4.77. The summed E-state index contributed by atoms with van der Waals surface area (Å²) >= 11 is 1.47. The lowest BCUT2D eigenvalue weighted by Gasteiger charge is -2.25. The fourth-order valence-corrected chi connectivity index (χ4v) is 3.40. The maximum Gasteiger partial charge on any atom is 0.257 e. The first-order chi connectivity index (χ1) is 9.58. The zero-order chi connectivity index (χ0) is 14.7. The second kappa shape index (κ2) is 6.26. The highest BCUT2D eigenvalue weighted by Gasteiger charge is 2.27. The van der Waals surface area contributed by atoms with Crippen molar-refractivity contribution in [3.05, 3.63) is 34.3 Å². The van der Waals surface area contributed by atoms with Gasteiger partial charge < -0.3 is 5.32 Å². The summed E-state index contributed by atoms with van der Waals surface area (Å²) in [5, 5.41) is 3.51. The van der Waals surface area contributed by atoms with E-state index in [9.17, 15) is 9.59 Å². The van der Waals surface area contributed by atoms with Crippen LogP contribution in [0.5, 0.6) is 0 Å². The predicted octanol–water partition coefficient (Wildman–Crippen LogP) is 1.14. The van der Waals surface area contributed by atoms with E-state index in [-0.39, 0.29) is 17.4 Å². The summed E-state index contributed by atoms with van der Waals surface area (Å²) in [4.78, 5) is 28.9. The van der Waals surface area contributed by atoms with E-state index < -0.39 is 0 Å². The van der Waals surface area contributed by atoms with Gasteiger partial charge in [-0.2, -0.15) is 0 Å². The molecule has 6 heteroatoms. The molecule has 1 aliphatic rings. The summed E-state index contributed by atoms with van der Waals surface area (Å²) in [6.07, 6.45) is 2.31. The summed E-state index contributed by atoms with van der Waals surface area (Å²) in [6, 6.07) is 0. The van der Waals surface area contributed by atoms with Gasteiger partial charge in [-0.05, 0) is 13.3 Å². The van der Waals surface area contributed by atoms with Crippen LogP contribution in [0.3, 0.4) is 0 Å². The first-order valence-electron chi connectivity index (χ1n) is 6.70. The minimum absolute atomic E-state index is 0.0104. The number of nitrogens with zero attached hydrogens (tertiary/aromatic N) is 2. The lowest BCUT2D eigenvalue weighted by molar-refractivity contribution is -0.124. The number of thioether (sulfide) groups is 1. The summed E-state index contributed by atoms with van der Waals surface area (Å²) in [5.74, 6) is 0.424. The molecule has 5 nitrogen and oxygen atoms in total. The molecular formula is C14H19N3O2S. The highest BCUT2D eigenvalue weighted by molar-refractivity contribution is 7.99. The Morgan fingerprint density at radius 2 is 2.40 bits per heavy atom. The number of fused-ring (bicyclic) bond motifs is 1. The van der Waals surface area contributed by atoms with Crippen LogP contribution in [0.1, 0.15) is 18.2 Å². The number of amides is 1. The SMILES string of the molecule is C=CCNC(=O)C1CSc2nc(C)c(CC)c(=O)n2C1. The smallest absolute Gasteiger partial charge is 0.257 e. The molecule has 1 unspecified atom stereocenters. The van der Waals surface area contributed by atoms with Crippen LogP contribution in [0.4, 0.5) is 0 Å². The van der Waals surface area contributed by atoms with Gasteiger partial charge in [0, 0.05) is 30.1 Å². The Hall–Kier alpha value is -1.56. The van der Waals surface area contributed by atoms with E-state index in [1.165, 1.54) is 11.8 Å². The zero-order valence-corrected chi connectivity index (χ0v) is 12.6. The van der Waals surface area contributed by atoms with Crippen LogP contribution in [0.25, 0.3) is 0 Å². The van der Waals surface area contributed by atoms with E-state index >= 15 is 0 Å². The minimum Gasteiger partial charge on any atom is -0.352 e. The monoisotopic (exact) mass is 293 g/mol. The van der Waals surface area contributed by atoms with Gasteiger partial charge in [0.1, 0.15) is 0 Å². The molecule has 20 heavy (non-hydrogen) atoms. The van der Waals surface area contributed by atoms with Crippen LogP contribution in [-0.4, -0.2) is 27.8 Å². The van der Waals surface area contributed by atoms with Gasteiger partial charge in [-0.1, -0.05) is 24.8 Å². The van der Waals surface area contributed by atoms with Crippen LogP contribution in [0.15, 0.2) is 22.6 Å². The van der Waals surface area contributed by atoms with Gasteiger partial charge in [-0.25, -0.2) is 4.98 Å². The average Bonchev–Trinajstić information content (AvgIpc) is 2.45. The van der Waals surface area contributed by atoms with E-state index in [1.54, 1.807) is 10.6 Å². The lowest BCUT2D eigenvalue weighted by atomic mass is 10.1. The summed E-state index contributed by atoms with van der Waals surface area (Å²) in [7, 11) is 0. The van der Waals surface area contributed by atoms with Gasteiger partial charge in [-0.15, -0.1) is 6.58 Å². The number of carbonyl (C=O) groups is 1. The van der Waals surface area contributed by atoms with Crippen LogP contribution < -0.4 is 10.9 Å². The number of hydrogen-bond donors (Lipinski definition) is 1. The molecule has 0 bridgehead atoms. The summed E-state index contributed by atoms with van der Waals surface area (Å²) in [6.45, 7) is 8.25. The quantitative estimate of drug-likeness (QED) is 0.668. The molecule has 0 radical (unpaired) electrons. The Bertz CT molecular complexity index is 595. The highest BCUT2D eigenvalue weighted by Crippen LogP contribution is 2.25. The Morgan fingerprint density at radius 1 is 1.65 bits per heavy atom. The molecular weight excluding hydrogens is 274 g/mol. The van der Waals surface area contributed by atoms with E-state index in [2.05, 4.69) is 16.9 Å². The average molecular weight is 293 g/mol. The fraction of sp³-hybridized carbons (Fsp3) is 0.500. The Labute approximate surface area is 122 Å². The number of carbonyl (C=O) groups excluding carboxylic acids is 1. The van der Waals surface area contributed by atoms with Crippen LogP contribution in [0, 0.1) is 12.8 Å². The van der Waals surface area contributed by atoms with Crippen molar-refractivity contribution in [1.29, 1.82) is 0 Å². The van der Waals surface area contributed by atoms with E-state index in [4.69, 9.17) is 0 Å². The molecule has 0 saturated carbocycles. The third kappa shape index (κ3) is 2.80.